The second kappa shape index (κ2) is 5.40. The van der Waals surface area contributed by atoms with Gasteiger partial charge in [-0.25, -0.2) is 0 Å². The number of epoxide rings is 1. The maximum atomic E-state index is 13.2. The van der Waals surface area contributed by atoms with E-state index in [9.17, 15) is 15.0 Å². The Morgan fingerprint density at radius 1 is 1.42 bits per heavy atom. The smallest absolute Gasteiger partial charge is 0.148 e. The molecular weight excluding hydrogens is 332 g/mol. The Bertz CT molecular complexity index is 671. The number of ketones is 1. The first-order chi connectivity index (χ1) is 12.1. The molecule has 26 heavy (non-hydrogen) atoms. The molecule has 1 aliphatic heterocycles. The molecule has 1 saturated heterocycles. The highest BCUT2D eigenvalue weighted by molar-refractivity contribution is 5.94. The Hall–Kier alpha value is -0.750. The summed E-state index contributed by atoms with van der Waals surface area (Å²) < 4.78 is 11.7. The molecule has 1 spiro atoms. The van der Waals surface area contributed by atoms with Gasteiger partial charge < -0.3 is 19.7 Å². The molecule has 2 N–H and O–H groups in total. The number of aliphatic hydroxyl groups is 2. The third-order valence-corrected chi connectivity index (χ3v) is 8.14. The number of ether oxygens (including phenoxy) is 2. The number of carbonyl (C=O) groups excluding carboxylic acids is 1. The van der Waals surface area contributed by atoms with Gasteiger partial charge >= 0.3 is 0 Å². The van der Waals surface area contributed by atoms with Gasteiger partial charge in [-0.1, -0.05) is 26.8 Å². The molecule has 3 fully saturated rings. The van der Waals surface area contributed by atoms with E-state index in [1.165, 1.54) is 0 Å². The SMILES string of the molecule is COC[C@@]1(O)CC[C@@H]2/C1=C\[C@@]1(C)C(=O)C[C@]3(C(C)C)O[C@]13C[C@H](O)[C@@H]2C. The lowest BCUT2D eigenvalue weighted by Gasteiger charge is -2.40. The van der Waals surface area contributed by atoms with Crippen molar-refractivity contribution < 1.29 is 24.5 Å². The van der Waals surface area contributed by atoms with Crippen LogP contribution in [0.4, 0.5) is 0 Å². The van der Waals surface area contributed by atoms with Gasteiger partial charge in [0.1, 0.15) is 22.6 Å². The first-order valence-electron chi connectivity index (χ1n) is 9.93. The van der Waals surface area contributed by atoms with E-state index in [4.69, 9.17) is 9.47 Å². The number of rotatable bonds is 3. The van der Waals surface area contributed by atoms with Crippen molar-refractivity contribution in [2.45, 2.75) is 76.3 Å². The predicted octanol–water partition coefficient (Wildman–Crippen LogP) is 2.24. The summed E-state index contributed by atoms with van der Waals surface area (Å²) in [6.07, 6.45) is 3.74. The zero-order chi connectivity index (χ0) is 19.1. The molecule has 0 aromatic heterocycles. The van der Waals surface area contributed by atoms with Crippen LogP contribution in [0.5, 0.6) is 0 Å². The maximum Gasteiger partial charge on any atom is 0.148 e. The topological polar surface area (TPSA) is 79.3 Å². The molecule has 4 aliphatic rings. The fourth-order valence-corrected chi connectivity index (χ4v) is 6.35. The van der Waals surface area contributed by atoms with Crippen molar-refractivity contribution in [3.63, 3.8) is 0 Å². The molecule has 0 aromatic carbocycles. The molecular formula is C21H32O5. The summed E-state index contributed by atoms with van der Waals surface area (Å²) in [7, 11) is 1.59. The van der Waals surface area contributed by atoms with E-state index in [0.717, 1.165) is 12.0 Å². The minimum Gasteiger partial charge on any atom is -0.393 e. The van der Waals surface area contributed by atoms with E-state index in [0.29, 0.717) is 19.3 Å². The van der Waals surface area contributed by atoms with Crippen LogP contribution in [-0.4, -0.2) is 52.6 Å². The van der Waals surface area contributed by atoms with Crippen LogP contribution >= 0.6 is 0 Å². The number of Topliss-reactive ketones (excluding diaryl/α,β-unsaturated/α-hetero) is 1. The van der Waals surface area contributed by atoms with Crippen LogP contribution in [-0.2, 0) is 14.3 Å². The Labute approximate surface area is 155 Å². The lowest BCUT2D eigenvalue weighted by atomic mass is 9.64. The Morgan fingerprint density at radius 3 is 2.73 bits per heavy atom. The summed E-state index contributed by atoms with van der Waals surface area (Å²) in [4.78, 5) is 13.2. The molecule has 2 saturated carbocycles. The molecule has 0 bridgehead atoms. The summed E-state index contributed by atoms with van der Waals surface area (Å²) >= 11 is 0. The van der Waals surface area contributed by atoms with Crippen molar-refractivity contribution in [2.75, 3.05) is 13.7 Å². The third kappa shape index (κ3) is 1.98. The Kier molecular flexibility index (Phi) is 3.87. The average molecular weight is 364 g/mol. The van der Waals surface area contributed by atoms with Crippen molar-refractivity contribution in [1.82, 2.24) is 0 Å². The molecule has 0 aromatic rings. The lowest BCUT2D eigenvalue weighted by molar-refractivity contribution is -0.129. The second-order valence-electron chi connectivity index (χ2n) is 9.62. The summed E-state index contributed by atoms with van der Waals surface area (Å²) in [6.45, 7) is 8.40. The summed E-state index contributed by atoms with van der Waals surface area (Å²) in [5.74, 6) is 0.443. The molecule has 0 unspecified atom stereocenters. The van der Waals surface area contributed by atoms with Gasteiger partial charge in [0.2, 0.25) is 0 Å². The van der Waals surface area contributed by atoms with Gasteiger partial charge in [0, 0.05) is 20.0 Å². The van der Waals surface area contributed by atoms with Gasteiger partial charge in [-0.2, -0.15) is 0 Å². The first-order valence-corrected chi connectivity index (χ1v) is 9.93. The molecule has 5 nitrogen and oxygen atoms in total. The number of carbonyl (C=O) groups is 1. The summed E-state index contributed by atoms with van der Waals surface area (Å²) in [5.41, 5.74) is -2.14. The van der Waals surface area contributed by atoms with Gasteiger partial charge in [0.15, 0.2) is 0 Å². The Morgan fingerprint density at radius 2 is 2.12 bits per heavy atom. The molecule has 4 rings (SSSR count). The highest BCUT2D eigenvalue weighted by atomic mass is 16.6. The second-order valence-corrected chi connectivity index (χ2v) is 9.62. The molecule has 146 valence electrons. The molecule has 1 heterocycles. The Balaban J connectivity index is 1.89. The van der Waals surface area contributed by atoms with Crippen LogP contribution in [0, 0.1) is 23.2 Å². The van der Waals surface area contributed by atoms with Crippen molar-refractivity contribution in [3.8, 4) is 0 Å². The fourth-order valence-electron chi connectivity index (χ4n) is 6.35. The van der Waals surface area contributed by atoms with Crippen molar-refractivity contribution in [1.29, 1.82) is 0 Å². The lowest BCUT2D eigenvalue weighted by Crippen LogP contribution is -2.47. The van der Waals surface area contributed by atoms with Crippen molar-refractivity contribution >= 4 is 5.78 Å². The van der Waals surface area contributed by atoms with Gasteiger partial charge in [-0.3, -0.25) is 4.79 Å². The molecule has 7 atom stereocenters. The minimum absolute atomic E-state index is 0.0100. The number of aliphatic hydroxyl groups excluding tert-OH is 1. The number of hydrogen-bond acceptors (Lipinski definition) is 5. The minimum atomic E-state index is -1.06. The normalized spacial score (nSPS) is 54.8. The molecule has 0 radical (unpaired) electrons. The number of fused-ring (bicyclic) bond motifs is 1. The van der Waals surface area contributed by atoms with E-state index < -0.39 is 28.3 Å². The van der Waals surface area contributed by atoms with Crippen LogP contribution < -0.4 is 0 Å². The zero-order valence-corrected chi connectivity index (χ0v) is 16.5. The monoisotopic (exact) mass is 364 g/mol. The van der Waals surface area contributed by atoms with E-state index in [2.05, 4.69) is 20.8 Å². The molecule has 3 aliphatic carbocycles. The van der Waals surface area contributed by atoms with E-state index >= 15 is 0 Å². The van der Waals surface area contributed by atoms with Crippen LogP contribution in [0.25, 0.3) is 0 Å². The quantitative estimate of drug-likeness (QED) is 0.593. The third-order valence-electron chi connectivity index (χ3n) is 8.14. The van der Waals surface area contributed by atoms with Gasteiger partial charge in [0.25, 0.3) is 0 Å². The van der Waals surface area contributed by atoms with Gasteiger partial charge in [-0.05, 0) is 43.1 Å². The van der Waals surface area contributed by atoms with E-state index in [1.807, 2.05) is 13.0 Å². The highest BCUT2D eigenvalue weighted by Crippen LogP contribution is 2.73. The largest absolute Gasteiger partial charge is 0.393 e. The number of hydrogen-bond donors (Lipinski definition) is 2. The average Bonchev–Trinajstić information content (AvgIpc) is 3.05. The standard InChI is InChI=1S/C21H32O5/c1-12(2)20-10-17(23)18(4)8-15-14(6-7-19(15,24)11-25-5)13(3)16(22)9-21(18,20)26-20/h8,12-14,16,22,24H,6-7,9-11H2,1-5H3/b15-8+/t13-,14+,16+,18+,19+,20-,21-/m1/s1. The first kappa shape index (κ1) is 18.6. The highest BCUT2D eigenvalue weighted by Gasteiger charge is 2.85. The molecule has 5 heteroatoms. The van der Waals surface area contributed by atoms with Crippen molar-refractivity contribution in [3.05, 3.63) is 11.6 Å². The van der Waals surface area contributed by atoms with Gasteiger partial charge in [0.05, 0.1) is 18.1 Å². The van der Waals surface area contributed by atoms with E-state index in [-0.39, 0.29) is 30.1 Å². The van der Waals surface area contributed by atoms with Gasteiger partial charge in [-0.15, -0.1) is 0 Å². The fraction of sp³-hybridized carbons (Fsp3) is 0.857. The molecule has 0 amide bonds. The van der Waals surface area contributed by atoms with Crippen LogP contribution in [0.1, 0.15) is 53.4 Å². The predicted molar refractivity (Wildman–Crippen MR) is 96.5 cm³/mol. The van der Waals surface area contributed by atoms with Crippen molar-refractivity contribution in [2.24, 2.45) is 23.2 Å². The summed E-state index contributed by atoms with van der Waals surface area (Å²) in [5, 5.41) is 22.3. The zero-order valence-electron chi connectivity index (χ0n) is 16.5. The van der Waals surface area contributed by atoms with Crippen LogP contribution in [0.15, 0.2) is 11.6 Å². The van der Waals surface area contributed by atoms with Crippen LogP contribution in [0.2, 0.25) is 0 Å². The number of methoxy groups -OCH3 is 1. The van der Waals surface area contributed by atoms with E-state index in [1.54, 1.807) is 7.11 Å². The van der Waals surface area contributed by atoms with Crippen LogP contribution in [0.3, 0.4) is 0 Å². The summed E-state index contributed by atoms with van der Waals surface area (Å²) in [6, 6.07) is 0. The maximum absolute atomic E-state index is 13.2.